The fraction of sp³-hybridized carbons (Fsp3) is 0.100. The zero-order valence-corrected chi connectivity index (χ0v) is 15.5. The van der Waals surface area contributed by atoms with Crippen LogP contribution in [0.15, 0.2) is 53.9 Å². The second kappa shape index (κ2) is 8.46. The van der Waals surface area contributed by atoms with Crippen molar-refractivity contribution in [2.24, 2.45) is 0 Å². The van der Waals surface area contributed by atoms with Gasteiger partial charge in [-0.3, -0.25) is 10.1 Å². The quantitative estimate of drug-likeness (QED) is 0.630. The highest BCUT2D eigenvalue weighted by atomic mass is 32.1. The van der Waals surface area contributed by atoms with Crippen LogP contribution in [0.2, 0.25) is 0 Å². The number of benzene rings is 2. The number of rotatable bonds is 6. The predicted octanol–water partition coefficient (Wildman–Crippen LogP) is 4.62. The van der Waals surface area contributed by atoms with Crippen molar-refractivity contribution >= 4 is 28.5 Å². The van der Waals surface area contributed by atoms with Crippen LogP contribution in [0, 0.1) is 5.82 Å². The lowest BCUT2D eigenvalue weighted by Gasteiger charge is -2.04. The number of methoxy groups -OCH3 is 2. The fourth-order valence-electron chi connectivity index (χ4n) is 2.42. The first kappa shape index (κ1) is 18.6. The first-order valence-corrected chi connectivity index (χ1v) is 8.90. The van der Waals surface area contributed by atoms with Crippen LogP contribution in [0.4, 0.5) is 9.52 Å². The number of aromatic nitrogens is 1. The number of amides is 1. The van der Waals surface area contributed by atoms with Crippen molar-refractivity contribution in [2.75, 3.05) is 19.5 Å². The monoisotopic (exact) mass is 384 g/mol. The van der Waals surface area contributed by atoms with Crippen molar-refractivity contribution in [2.45, 2.75) is 0 Å². The van der Waals surface area contributed by atoms with Gasteiger partial charge in [0.1, 0.15) is 5.75 Å². The number of ether oxygens (including phenoxy) is 2. The molecule has 0 aliphatic carbocycles. The molecule has 1 amide bonds. The van der Waals surface area contributed by atoms with Crippen molar-refractivity contribution < 1.29 is 18.7 Å². The lowest BCUT2D eigenvalue weighted by atomic mass is 10.1. The maximum absolute atomic E-state index is 13.7. The van der Waals surface area contributed by atoms with Crippen LogP contribution >= 0.6 is 11.3 Å². The molecule has 3 rings (SSSR count). The summed E-state index contributed by atoms with van der Waals surface area (Å²) in [5, 5.41) is 5.01. The zero-order valence-electron chi connectivity index (χ0n) is 14.7. The molecule has 0 radical (unpaired) electrons. The van der Waals surface area contributed by atoms with Crippen molar-refractivity contribution in [3.8, 4) is 22.8 Å². The lowest BCUT2D eigenvalue weighted by molar-refractivity contribution is -0.111. The number of para-hydroxylation sites is 1. The Balaban J connectivity index is 1.68. The molecule has 138 valence electrons. The van der Waals surface area contributed by atoms with Gasteiger partial charge in [0.15, 0.2) is 16.7 Å². The molecular formula is C20H17FN2O3S. The van der Waals surface area contributed by atoms with Crippen LogP contribution in [-0.4, -0.2) is 25.1 Å². The molecule has 0 unspecified atom stereocenters. The summed E-state index contributed by atoms with van der Waals surface area (Å²) in [4.78, 5) is 16.5. The maximum Gasteiger partial charge on any atom is 0.250 e. The summed E-state index contributed by atoms with van der Waals surface area (Å²) < 4.78 is 23.9. The van der Waals surface area contributed by atoms with E-state index in [1.54, 1.807) is 13.2 Å². The van der Waals surface area contributed by atoms with Crippen LogP contribution in [-0.2, 0) is 4.79 Å². The Kier molecular flexibility index (Phi) is 5.83. The summed E-state index contributed by atoms with van der Waals surface area (Å²) >= 11 is 1.31. The highest BCUT2D eigenvalue weighted by Gasteiger charge is 2.10. The lowest BCUT2D eigenvalue weighted by Crippen LogP contribution is -2.07. The number of hydrogen-bond acceptors (Lipinski definition) is 5. The predicted molar refractivity (Wildman–Crippen MR) is 105 cm³/mol. The maximum atomic E-state index is 13.7. The van der Waals surface area contributed by atoms with Gasteiger partial charge < -0.3 is 9.47 Å². The fourth-order valence-corrected chi connectivity index (χ4v) is 3.13. The van der Waals surface area contributed by atoms with Gasteiger partial charge in [0.05, 0.1) is 19.9 Å². The number of nitrogens with one attached hydrogen (secondary N) is 1. The molecule has 0 aliphatic heterocycles. The van der Waals surface area contributed by atoms with Gasteiger partial charge in [-0.05, 0) is 35.9 Å². The Morgan fingerprint density at radius 2 is 1.93 bits per heavy atom. The van der Waals surface area contributed by atoms with Crippen LogP contribution < -0.4 is 14.8 Å². The normalized spacial score (nSPS) is 10.8. The van der Waals surface area contributed by atoms with E-state index in [1.165, 1.54) is 42.7 Å². The molecular weight excluding hydrogens is 367 g/mol. The largest absolute Gasteiger partial charge is 0.496 e. The molecule has 0 bridgehead atoms. The molecule has 2 aromatic carbocycles. The number of hydrogen-bond donors (Lipinski definition) is 1. The second-order valence-corrected chi connectivity index (χ2v) is 6.31. The summed E-state index contributed by atoms with van der Waals surface area (Å²) in [5.74, 6) is 0.0268. The molecule has 7 heteroatoms. The van der Waals surface area contributed by atoms with E-state index in [2.05, 4.69) is 10.3 Å². The Morgan fingerprint density at radius 3 is 2.67 bits per heavy atom. The Hall–Kier alpha value is -3.19. The number of carbonyl (C=O) groups is 1. The summed E-state index contributed by atoms with van der Waals surface area (Å²) in [6, 6.07) is 12.0. The number of halogens is 1. The molecule has 1 heterocycles. The van der Waals surface area contributed by atoms with E-state index in [1.807, 2.05) is 29.6 Å². The molecule has 1 N–H and O–H groups in total. The SMILES string of the molecule is COc1ccc(/C=C/C(=O)Nc2nc(-c3ccccc3OC)cs2)cc1F. The van der Waals surface area contributed by atoms with Gasteiger partial charge in [0, 0.05) is 17.0 Å². The molecule has 0 atom stereocenters. The minimum absolute atomic E-state index is 0.156. The van der Waals surface area contributed by atoms with E-state index in [-0.39, 0.29) is 11.7 Å². The second-order valence-electron chi connectivity index (χ2n) is 5.45. The number of thiazole rings is 1. The molecule has 1 aromatic heterocycles. The first-order valence-electron chi connectivity index (χ1n) is 8.02. The third-order valence-corrected chi connectivity index (χ3v) is 4.48. The molecule has 0 spiro atoms. The molecule has 27 heavy (non-hydrogen) atoms. The summed E-state index contributed by atoms with van der Waals surface area (Å²) in [6.07, 6.45) is 2.85. The van der Waals surface area contributed by atoms with Crippen molar-refractivity contribution in [3.63, 3.8) is 0 Å². The first-order chi connectivity index (χ1) is 13.1. The topological polar surface area (TPSA) is 60.5 Å². The zero-order chi connectivity index (χ0) is 19.2. The highest BCUT2D eigenvalue weighted by Crippen LogP contribution is 2.31. The Labute approximate surface area is 160 Å². The summed E-state index contributed by atoms with van der Waals surface area (Å²) in [5.41, 5.74) is 2.12. The smallest absolute Gasteiger partial charge is 0.250 e. The molecule has 0 saturated heterocycles. The molecule has 5 nitrogen and oxygen atoms in total. The molecule has 0 saturated carbocycles. The van der Waals surface area contributed by atoms with E-state index in [0.29, 0.717) is 22.1 Å². The standard InChI is InChI=1S/C20H17FN2O3S/c1-25-17-6-4-3-5-14(17)16-12-27-20(22-16)23-19(24)10-8-13-7-9-18(26-2)15(21)11-13/h3-12H,1-2H3,(H,22,23,24)/b10-8+. The number of carbonyl (C=O) groups excluding carboxylic acids is 1. The summed E-state index contributed by atoms with van der Waals surface area (Å²) in [7, 11) is 3.00. The van der Waals surface area contributed by atoms with Gasteiger partial charge in [-0.25, -0.2) is 9.37 Å². The van der Waals surface area contributed by atoms with Crippen LogP contribution in [0.1, 0.15) is 5.56 Å². The molecule has 0 aliphatic rings. The van der Waals surface area contributed by atoms with Crippen LogP contribution in [0.3, 0.4) is 0 Å². The third-order valence-electron chi connectivity index (χ3n) is 3.72. The van der Waals surface area contributed by atoms with E-state index in [4.69, 9.17) is 9.47 Å². The van der Waals surface area contributed by atoms with Gasteiger partial charge in [0.25, 0.3) is 0 Å². The van der Waals surface area contributed by atoms with Gasteiger partial charge in [-0.1, -0.05) is 18.2 Å². The molecule has 3 aromatic rings. The number of nitrogens with zero attached hydrogens (tertiary/aromatic N) is 1. The van der Waals surface area contributed by atoms with Crippen molar-refractivity contribution in [3.05, 3.63) is 65.3 Å². The van der Waals surface area contributed by atoms with Gasteiger partial charge in [0.2, 0.25) is 5.91 Å². The van der Waals surface area contributed by atoms with Crippen molar-refractivity contribution in [1.82, 2.24) is 4.98 Å². The van der Waals surface area contributed by atoms with Crippen molar-refractivity contribution in [1.29, 1.82) is 0 Å². The van der Waals surface area contributed by atoms with E-state index in [9.17, 15) is 9.18 Å². The van der Waals surface area contributed by atoms with E-state index < -0.39 is 5.82 Å². The van der Waals surface area contributed by atoms with E-state index >= 15 is 0 Å². The Morgan fingerprint density at radius 1 is 1.15 bits per heavy atom. The molecule has 0 fully saturated rings. The average molecular weight is 384 g/mol. The minimum Gasteiger partial charge on any atom is -0.496 e. The highest BCUT2D eigenvalue weighted by molar-refractivity contribution is 7.14. The van der Waals surface area contributed by atoms with Crippen LogP contribution in [0.25, 0.3) is 17.3 Å². The van der Waals surface area contributed by atoms with E-state index in [0.717, 1.165) is 5.56 Å². The minimum atomic E-state index is -0.485. The van der Waals surface area contributed by atoms with Gasteiger partial charge in [-0.2, -0.15) is 0 Å². The summed E-state index contributed by atoms with van der Waals surface area (Å²) in [6.45, 7) is 0. The van der Waals surface area contributed by atoms with Gasteiger partial charge in [-0.15, -0.1) is 11.3 Å². The third kappa shape index (κ3) is 4.51. The van der Waals surface area contributed by atoms with Crippen LogP contribution in [0.5, 0.6) is 11.5 Å². The Bertz CT molecular complexity index is 985. The van der Waals surface area contributed by atoms with Gasteiger partial charge >= 0.3 is 0 Å². The number of anilines is 1. The average Bonchev–Trinajstić information content (AvgIpc) is 3.14.